The van der Waals surface area contributed by atoms with E-state index in [-0.39, 0.29) is 17.4 Å². The number of oxime groups is 1. The van der Waals surface area contributed by atoms with Crippen LogP contribution in [0.15, 0.2) is 16.4 Å². The van der Waals surface area contributed by atoms with E-state index in [1.54, 1.807) is 20.8 Å². The lowest BCUT2D eigenvalue weighted by Gasteiger charge is -2.22. The van der Waals surface area contributed by atoms with E-state index in [1.165, 1.54) is 6.20 Å². The topological polar surface area (TPSA) is 133 Å². The maximum atomic E-state index is 11.9. The van der Waals surface area contributed by atoms with Gasteiger partial charge in [0, 0.05) is 12.0 Å². The molecule has 0 spiro atoms. The van der Waals surface area contributed by atoms with Crippen molar-refractivity contribution in [3.63, 3.8) is 0 Å². The van der Waals surface area contributed by atoms with Crippen LogP contribution in [-0.4, -0.2) is 36.0 Å². The summed E-state index contributed by atoms with van der Waals surface area (Å²) in [4.78, 5) is 6.44. The number of aromatic nitrogens is 2. The SMILES string of the molecule is Cc1ncc(S(=O)(=O)NCC(C)(C)/C(N)=N/O)[nH]1. The second kappa shape index (κ2) is 4.94. The van der Waals surface area contributed by atoms with Gasteiger partial charge in [0.05, 0.1) is 6.20 Å². The molecule has 0 aromatic carbocycles. The smallest absolute Gasteiger partial charge is 0.257 e. The van der Waals surface area contributed by atoms with Gasteiger partial charge in [0.2, 0.25) is 0 Å². The zero-order valence-corrected chi connectivity index (χ0v) is 11.2. The molecule has 0 aliphatic rings. The Balaban J connectivity index is 2.80. The molecule has 0 bridgehead atoms. The van der Waals surface area contributed by atoms with E-state index in [0.717, 1.165) is 0 Å². The van der Waals surface area contributed by atoms with Crippen molar-refractivity contribution in [1.82, 2.24) is 14.7 Å². The normalized spacial score (nSPS) is 13.8. The number of hydrogen-bond acceptors (Lipinski definition) is 5. The fourth-order valence-electron chi connectivity index (χ4n) is 1.11. The van der Waals surface area contributed by atoms with E-state index in [9.17, 15) is 8.42 Å². The minimum Gasteiger partial charge on any atom is -0.409 e. The molecule has 0 unspecified atom stereocenters. The lowest BCUT2D eigenvalue weighted by Crippen LogP contribution is -2.42. The van der Waals surface area contributed by atoms with Crippen LogP contribution in [0.2, 0.25) is 0 Å². The van der Waals surface area contributed by atoms with Crippen LogP contribution in [0.25, 0.3) is 0 Å². The van der Waals surface area contributed by atoms with Crippen molar-refractivity contribution < 1.29 is 13.6 Å². The molecular weight excluding hydrogens is 258 g/mol. The van der Waals surface area contributed by atoms with E-state index in [4.69, 9.17) is 10.9 Å². The van der Waals surface area contributed by atoms with E-state index in [0.29, 0.717) is 5.82 Å². The molecule has 8 nitrogen and oxygen atoms in total. The highest BCUT2D eigenvalue weighted by Gasteiger charge is 2.27. The predicted molar refractivity (Wildman–Crippen MR) is 65.7 cm³/mol. The van der Waals surface area contributed by atoms with Gasteiger partial charge in [-0.3, -0.25) is 0 Å². The standard InChI is InChI=1S/C9H17N5O3S/c1-6-11-4-7(13-6)18(16,17)12-5-9(2,3)8(10)14-15/h4,12,15H,5H2,1-3H3,(H2,10,14)(H,11,13). The Labute approximate surface area is 105 Å². The second-order valence-electron chi connectivity index (χ2n) is 4.53. The fourth-order valence-corrected chi connectivity index (χ4v) is 2.29. The molecular formula is C9H17N5O3S. The first-order chi connectivity index (χ1) is 8.19. The third-order valence-electron chi connectivity index (χ3n) is 2.47. The van der Waals surface area contributed by atoms with Crippen molar-refractivity contribution in [3.8, 4) is 0 Å². The minimum absolute atomic E-state index is 0.00327. The summed E-state index contributed by atoms with van der Waals surface area (Å²) in [5.41, 5.74) is 4.67. The Bertz CT molecular complexity index is 546. The predicted octanol–water partition coefficient (Wildman–Crippen LogP) is -0.231. The number of nitrogens with two attached hydrogens (primary N) is 1. The average Bonchev–Trinajstić information content (AvgIpc) is 2.73. The molecule has 18 heavy (non-hydrogen) atoms. The number of H-pyrrole nitrogens is 1. The summed E-state index contributed by atoms with van der Waals surface area (Å²) in [7, 11) is -3.67. The van der Waals surface area contributed by atoms with E-state index in [2.05, 4.69) is 19.8 Å². The van der Waals surface area contributed by atoms with E-state index < -0.39 is 15.4 Å². The molecule has 102 valence electrons. The number of hydrogen-bond donors (Lipinski definition) is 4. The quantitative estimate of drug-likeness (QED) is 0.255. The molecule has 0 radical (unpaired) electrons. The van der Waals surface area contributed by atoms with Gasteiger partial charge in [0.15, 0.2) is 5.03 Å². The van der Waals surface area contributed by atoms with Gasteiger partial charge < -0.3 is 15.9 Å². The molecule has 0 atom stereocenters. The van der Waals surface area contributed by atoms with Gasteiger partial charge in [-0.1, -0.05) is 19.0 Å². The van der Waals surface area contributed by atoms with E-state index in [1.807, 2.05) is 0 Å². The van der Waals surface area contributed by atoms with Crippen LogP contribution in [0.3, 0.4) is 0 Å². The Kier molecular flexibility index (Phi) is 3.97. The average molecular weight is 275 g/mol. The number of sulfonamides is 1. The Morgan fingerprint density at radius 2 is 2.28 bits per heavy atom. The minimum atomic E-state index is -3.67. The molecule has 0 saturated heterocycles. The van der Waals surface area contributed by atoms with Crippen LogP contribution >= 0.6 is 0 Å². The zero-order valence-electron chi connectivity index (χ0n) is 10.4. The Hall–Kier alpha value is -1.61. The molecule has 1 aromatic heterocycles. The molecule has 0 amide bonds. The number of aryl methyl sites for hydroxylation is 1. The molecule has 0 fully saturated rings. The summed E-state index contributed by atoms with van der Waals surface area (Å²) in [6, 6.07) is 0. The third kappa shape index (κ3) is 3.20. The highest BCUT2D eigenvalue weighted by atomic mass is 32.2. The number of nitrogens with zero attached hydrogens (tertiary/aromatic N) is 2. The van der Waals surface area contributed by atoms with Crippen LogP contribution in [-0.2, 0) is 10.0 Å². The van der Waals surface area contributed by atoms with E-state index >= 15 is 0 Å². The molecule has 1 rings (SSSR count). The monoisotopic (exact) mass is 275 g/mol. The lowest BCUT2D eigenvalue weighted by atomic mass is 9.93. The highest BCUT2D eigenvalue weighted by molar-refractivity contribution is 7.89. The summed E-state index contributed by atoms with van der Waals surface area (Å²) in [5.74, 6) is 0.456. The summed E-state index contributed by atoms with van der Waals surface area (Å²) >= 11 is 0. The number of imidazole rings is 1. The van der Waals surface area contributed by atoms with Crippen molar-refractivity contribution in [3.05, 3.63) is 12.0 Å². The molecule has 9 heteroatoms. The van der Waals surface area contributed by atoms with Crippen molar-refractivity contribution in [2.75, 3.05) is 6.54 Å². The highest BCUT2D eigenvalue weighted by Crippen LogP contribution is 2.15. The second-order valence-corrected chi connectivity index (χ2v) is 6.26. The molecule has 1 aromatic rings. The molecule has 0 aliphatic carbocycles. The number of amidine groups is 1. The first kappa shape index (κ1) is 14.5. The largest absolute Gasteiger partial charge is 0.409 e. The zero-order chi connectivity index (χ0) is 14.0. The number of nitrogens with one attached hydrogen (secondary N) is 2. The van der Waals surface area contributed by atoms with Gasteiger partial charge in [-0.25, -0.2) is 18.1 Å². The summed E-state index contributed by atoms with van der Waals surface area (Å²) in [5, 5.41) is 11.4. The van der Waals surface area contributed by atoms with Gasteiger partial charge in [-0.05, 0) is 6.92 Å². The summed E-state index contributed by atoms with van der Waals surface area (Å²) in [6.07, 6.45) is 1.23. The lowest BCUT2D eigenvalue weighted by molar-refractivity contribution is 0.307. The molecule has 5 N–H and O–H groups in total. The summed E-state index contributed by atoms with van der Waals surface area (Å²) in [6.45, 7) is 4.97. The van der Waals surface area contributed by atoms with Crippen LogP contribution in [0.1, 0.15) is 19.7 Å². The van der Waals surface area contributed by atoms with Crippen LogP contribution in [0.4, 0.5) is 0 Å². The first-order valence-corrected chi connectivity index (χ1v) is 6.66. The van der Waals surface area contributed by atoms with Crippen molar-refractivity contribution in [1.29, 1.82) is 0 Å². The van der Waals surface area contributed by atoms with Crippen molar-refractivity contribution in [2.45, 2.75) is 25.8 Å². The number of aromatic amines is 1. The molecule has 1 heterocycles. The molecule has 0 aliphatic heterocycles. The fraction of sp³-hybridized carbons (Fsp3) is 0.556. The van der Waals surface area contributed by atoms with Gasteiger partial charge in [0.25, 0.3) is 10.0 Å². The summed E-state index contributed by atoms with van der Waals surface area (Å²) < 4.78 is 26.1. The maximum absolute atomic E-state index is 11.9. The van der Waals surface area contributed by atoms with Gasteiger partial charge >= 0.3 is 0 Å². The molecule has 0 saturated carbocycles. The van der Waals surface area contributed by atoms with Gasteiger partial charge in [-0.2, -0.15) is 0 Å². The van der Waals surface area contributed by atoms with Crippen molar-refractivity contribution >= 4 is 15.9 Å². The first-order valence-electron chi connectivity index (χ1n) is 5.18. The van der Waals surface area contributed by atoms with Crippen molar-refractivity contribution in [2.24, 2.45) is 16.3 Å². The van der Waals surface area contributed by atoms with Gasteiger partial charge in [-0.15, -0.1) is 0 Å². The number of rotatable bonds is 5. The van der Waals surface area contributed by atoms with Crippen LogP contribution in [0, 0.1) is 12.3 Å². The van der Waals surface area contributed by atoms with Crippen LogP contribution in [0.5, 0.6) is 0 Å². The Morgan fingerprint density at radius 1 is 1.67 bits per heavy atom. The van der Waals surface area contributed by atoms with Crippen LogP contribution < -0.4 is 10.5 Å². The maximum Gasteiger partial charge on any atom is 0.257 e. The van der Waals surface area contributed by atoms with Gasteiger partial charge in [0.1, 0.15) is 11.7 Å². The Morgan fingerprint density at radius 3 is 2.72 bits per heavy atom. The third-order valence-corrected chi connectivity index (χ3v) is 3.79.